The molecule has 5 N–H and O–H groups in total. The zero-order valence-corrected chi connectivity index (χ0v) is 28.6. The maximum absolute atomic E-state index is 12.0. The number of carboxylic acid groups (broad SMARTS) is 3. The fourth-order valence-corrected chi connectivity index (χ4v) is 4.65. The number of aromatic nitrogens is 1. The van der Waals surface area contributed by atoms with Crippen LogP contribution in [0.1, 0.15) is 53.3 Å². The summed E-state index contributed by atoms with van der Waals surface area (Å²) in [7, 11) is 0. The molecule has 0 fully saturated rings. The SMILES string of the molecule is CC(=O)O.CC(=O)O.CC(=O)c1ccc2nc(-c3cc(Cl)cc(Cl)c3)oc2c1.O=C(O)c1ccc(NC(=O)c2cc(Cl)cc(Cl)c2)c(O)c1.[2HH]. The van der Waals surface area contributed by atoms with Crippen molar-refractivity contribution in [3.8, 4) is 17.2 Å². The van der Waals surface area contributed by atoms with E-state index in [2.05, 4.69) is 10.3 Å². The van der Waals surface area contributed by atoms with Crippen LogP contribution in [0.5, 0.6) is 5.75 Å². The number of fused-ring (bicyclic) bond motifs is 1. The molecule has 0 aliphatic heterocycles. The molecule has 12 nitrogen and oxygen atoms in total. The number of anilines is 1. The Kier molecular flexibility index (Phi) is 15.0. The number of halogens is 4. The van der Waals surface area contributed by atoms with Gasteiger partial charge < -0.3 is 30.2 Å². The smallest absolute Gasteiger partial charge is 0.335 e. The topological polar surface area (TPSA) is 204 Å². The number of Topliss-reactive ketones (excluding diaryl/α,β-unsaturated/α-hetero) is 1. The Labute approximate surface area is 299 Å². The van der Waals surface area contributed by atoms with E-state index in [0.29, 0.717) is 48.2 Å². The van der Waals surface area contributed by atoms with Gasteiger partial charge in [0.1, 0.15) is 11.3 Å². The number of phenolic OH excluding ortho intramolecular Hbond substituents is 1. The number of nitrogens with zero attached hydrogens (tertiary/aromatic N) is 1. The average Bonchev–Trinajstić information content (AvgIpc) is 3.41. The van der Waals surface area contributed by atoms with E-state index in [1.807, 2.05) is 0 Å². The second kappa shape index (κ2) is 18.4. The van der Waals surface area contributed by atoms with Crippen molar-refractivity contribution in [2.45, 2.75) is 20.8 Å². The van der Waals surface area contributed by atoms with Crippen LogP contribution in [-0.4, -0.2) is 55.0 Å². The summed E-state index contributed by atoms with van der Waals surface area (Å²) < 4.78 is 5.67. The van der Waals surface area contributed by atoms with Crippen LogP contribution in [0.4, 0.5) is 5.69 Å². The number of hydrogen-bond donors (Lipinski definition) is 5. The lowest BCUT2D eigenvalue weighted by Crippen LogP contribution is -2.12. The van der Waals surface area contributed by atoms with E-state index in [0.717, 1.165) is 19.9 Å². The fraction of sp³-hybridized carbons (Fsp3) is 0.0909. The highest BCUT2D eigenvalue weighted by atomic mass is 35.5. The predicted molar refractivity (Wildman–Crippen MR) is 188 cm³/mol. The van der Waals surface area contributed by atoms with Gasteiger partial charge in [-0.05, 0) is 79.7 Å². The number of carbonyl (C=O) groups excluding carboxylic acids is 2. The van der Waals surface area contributed by atoms with Gasteiger partial charge in [0.15, 0.2) is 11.4 Å². The van der Waals surface area contributed by atoms with Crippen LogP contribution >= 0.6 is 46.4 Å². The molecule has 1 amide bonds. The van der Waals surface area contributed by atoms with E-state index in [-0.39, 0.29) is 29.8 Å². The van der Waals surface area contributed by atoms with Crippen molar-refractivity contribution in [3.63, 3.8) is 0 Å². The van der Waals surface area contributed by atoms with Gasteiger partial charge in [-0.2, -0.15) is 0 Å². The first-order valence-corrected chi connectivity index (χ1v) is 15.0. The maximum Gasteiger partial charge on any atom is 0.335 e. The molecule has 5 rings (SSSR count). The van der Waals surface area contributed by atoms with Gasteiger partial charge in [-0.15, -0.1) is 0 Å². The molecule has 16 heteroatoms. The van der Waals surface area contributed by atoms with E-state index in [1.165, 1.54) is 37.3 Å². The summed E-state index contributed by atoms with van der Waals surface area (Å²) in [5, 5.41) is 37.4. The molecule has 0 bridgehead atoms. The average molecular weight is 755 g/mol. The van der Waals surface area contributed by atoms with Crippen LogP contribution in [0.15, 0.2) is 77.2 Å². The van der Waals surface area contributed by atoms with Crippen molar-refractivity contribution < 1.29 is 50.2 Å². The van der Waals surface area contributed by atoms with Gasteiger partial charge in [0.25, 0.3) is 17.8 Å². The molecule has 0 radical (unpaired) electrons. The van der Waals surface area contributed by atoms with Gasteiger partial charge in [0, 0.05) is 52.1 Å². The first-order valence-electron chi connectivity index (χ1n) is 13.5. The minimum Gasteiger partial charge on any atom is -0.506 e. The lowest BCUT2D eigenvalue weighted by molar-refractivity contribution is -0.135. The molecular weight excluding hydrogens is 726 g/mol. The molecule has 4 aromatic carbocycles. The van der Waals surface area contributed by atoms with Crippen LogP contribution in [-0.2, 0) is 9.59 Å². The highest BCUT2D eigenvalue weighted by Crippen LogP contribution is 2.30. The number of rotatable bonds is 5. The normalized spacial score (nSPS) is 9.86. The molecule has 5 aromatic rings. The number of ketones is 1. The molecule has 0 saturated carbocycles. The zero-order valence-electron chi connectivity index (χ0n) is 25.6. The van der Waals surface area contributed by atoms with Gasteiger partial charge in [-0.25, -0.2) is 9.78 Å². The number of benzene rings is 4. The van der Waals surface area contributed by atoms with Gasteiger partial charge in [0.2, 0.25) is 5.89 Å². The summed E-state index contributed by atoms with van der Waals surface area (Å²) in [5.41, 5.74) is 2.74. The second-order valence-corrected chi connectivity index (χ2v) is 11.3. The van der Waals surface area contributed by atoms with Gasteiger partial charge in [-0.1, -0.05) is 46.4 Å². The molecule has 258 valence electrons. The van der Waals surface area contributed by atoms with E-state index in [9.17, 15) is 19.5 Å². The van der Waals surface area contributed by atoms with Crippen molar-refractivity contribution in [1.29, 1.82) is 0 Å². The van der Waals surface area contributed by atoms with E-state index >= 15 is 0 Å². The third-order valence-corrected chi connectivity index (χ3v) is 6.39. The summed E-state index contributed by atoms with van der Waals surface area (Å²) in [6, 6.07) is 18.2. The Morgan fingerprint density at radius 3 is 1.63 bits per heavy atom. The number of oxazole rings is 1. The number of phenols is 1. The molecule has 1 aromatic heterocycles. The monoisotopic (exact) mass is 753 g/mol. The molecule has 0 unspecified atom stereocenters. The largest absolute Gasteiger partial charge is 0.506 e. The number of carbonyl (C=O) groups is 5. The Morgan fingerprint density at radius 1 is 0.673 bits per heavy atom. The van der Waals surface area contributed by atoms with Crippen molar-refractivity contribution >= 4 is 92.8 Å². The second-order valence-electron chi connectivity index (χ2n) is 9.60. The zero-order chi connectivity index (χ0) is 37.0. The first kappa shape index (κ1) is 40.0. The van der Waals surface area contributed by atoms with Gasteiger partial charge >= 0.3 is 5.97 Å². The van der Waals surface area contributed by atoms with Crippen LogP contribution in [0.25, 0.3) is 22.6 Å². The standard InChI is InChI=1S/C15H9Cl2NO2.C14H9Cl2NO4.2C2H4O2.H2/c1-8(19)9-2-3-13-14(6-9)20-15(18-13)10-4-11(16)7-12(17)5-10;15-9-3-8(4-10(16)6-9)13(19)17-11-2-1-7(14(20)21)5-12(11)18;2*1-2(3)4;/h2-7H,1H3;1-6,18H,(H,17,19)(H,20,21);2*1H3,(H,3,4);1H/i;;;;1+1. The molecule has 0 aliphatic carbocycles. The number of aromatic carboxylic acids is 1. The summed E-state index contributed by atoms with van der Waals surface area (Å²) in [6.45, 7) is 3.68. The third-order valence-electron chi connectivity index (χ3n) is 5.52. The van der Waals surface area contributed by atoms with Crippen LogP contribution in [0.2, 0.25) is 20.1 Å². The number of aliphatic carboxylic acids is 2. The summed E-state index contributed by atoms with van der Waals surface area (Å²) in [5.74, 6) is -3.32. The molecule has 1 heterocycles. The minimum atomic E-state index is -1.18. The molecule has 49 heavy (non-hydrogen) atoms. The summed E-state index contributed by atoms with van der Waals surface area (Å²) in [6.07, 6.45) is 0. The number of carboxylic acids is 3. The molecule has 0 saturated heterocycles. The Bertz CT molecular complexity index is 1980. The van der Waals surface area contributed by atoms with E-state index in [1.54, 1.807) is 36.4 Å². The van der Waals surface area contributed by atoms with Crippen LogP contribution in [0.3, 0.4) is 0 Å². The number of aromatic hydroxyl groups is 1. The third kappa shape index (κ3) is 13.5. The lowest BCUT2D eigenvalue weighted by atomic mass is 10.1. The van der Waals surface area contributed by atoms with E-state index in [4.69, 9.17) is 75.7 Å². The first-order chi connectivity index (χ1) is 22.9. The van der Waals surface area contributed by atoms with Gasteiger partial charge in [0.05, 0.1) is 11.3 Å². The molecule has 0 spiro atoms. The van der Waals surface area contributed by atoms with Crippen LogP contribution < -0.4 is 5.32 Å². The number of nitrogens with one attached hydrogen (secondary N) is 1. The quantitative estimate of drug-likeness (QED) is 0.0845. The van der Waals surface area contributed by atoms with Crippen molar-refractivity contribution in [1.82, 2.24) is 4.98 Å². The number of hydrogen-bond acceptors (Lipinski definition) is 8. The fourth-order valence-electron chi connectivity index (χ4n) is 3.59. The van der Waals surface area contributed by atoms with Crippen molar-refractivity contribution in [2.75, 3.05) is 5.32 Å². The Hall–Kier alpha value is -5.14. The Morgan fingerprint density at radius 2 is 1.16 bits per heavy atom. The minimum absolute atomic E-state index is 0. The number of amides is 1. The molecular formula is C33H28Cl4N2O10. The maximum atomic E-state index is 12.0. The lowest BCUT2D eigenvalue weighted by Gasteiger charge is -2.08. The molecule has 0 atom stereocenters. The summed E-state index contributed by atoms with van der Waals surface area (Å²) in [4.78, 5) is 56.5. The summed E-state index contributed by atoms with van der Waals surface area (Å²) >= 11 is 23.5. The van der Waals surface area contributed by atoms with Crippen LogP contribution in [0, 0.1) is 0 Å². The molecule has 0 aliphatic rings. The predicted octanol–water partition coefficient (Wildman–Crippen LogP) is 9.08. The highest BCUT2D eigenvalue weighted by Gasteiger charge is 2.14. The van der Waals surface area contributed by atoms with Crippen molar-refractivity contribution in [2.24, 2.45) is 0 Å². The van der Waals surface area contributed by atoms with Crippen molar-refractivity contribution in [3.05, 3.63) is 110 Å². The van der Waals surface area contributed by atoms with E-state index < -0.39 is 23.8 Å². The highest BCUT2D eigenvalue weighted by molar-refractivity contribution is 6.35. The Balaban J connectivity index is 0.000000406. The van der Waals surface area contributed by atoms with Gasteiger partial charge in [-0.3, -0.25) is 19.2 Å².